The Balaban J connectivity index is 2.30. The van der Waals surface area contributed by atoms with Gasteiger partial charge in [0.1, 0.15) is 5.75 Å². The Morgan fingerprint density at radius 2 is 1.87 bits per heavy atom. The molecule has 2 rings (SSSR count). The Bertz CT molecular complexity index is 361. The van der Waals surface area contributed by atoms with Crippen LogP contribution in [0.2, 0.25) is 0 Å². The van der Waals surface area contributed by atoms with Crippen LogP contribution in [0.15, 0.2) is 24.3 Å². The fraction of sp³-hybridized carbons (Fsp3) is 0.455. The lowest BCUT2D eigenvalue weighted by Gasteiger charge is -2.13. The van der Waals surface area contributed by atoms with E-state index < -0.39 is 17.9 Å². The van der Waals surface area contributed by atoms with Crippen LogP contribution in [0.3, 0.4) is 0 Å². The third-order valence-electron chi connectivity index (χ3n) is 3.01. The Labute approximate surface area is 86.5 Å². The Hall–Kier alpha value is -1.16. The summed E-state index contributed by atoms with van der Waals surface area (Å²) in [6.45, 7) is -0.521. The van der Waals surface area contributed by atoms with Gasteiger partial charge in [0.25, 0.3) is 5.92 Å². The van der Waals surface area contributed by atoms with Gasteiger partial charge in [0.2, 0.25) is 0 Å². The minimum absolute atomic E-state index is 0.275. The van der Waals surface area contributed by atoms with Crippen molar-refractivity contribution < 1.29 is 18.6 Å². The maximum atomic E-state index is 13.1. The van der Waals surface area contributed by atoms with Gasteiger partial charge in [0.05, 0.1) is 19.1 Å². The van der Waals surface area contributed by atoms with Crippen molar-refractivity contribution in [3.05, 3.63) is 29.8 Å². The second-order valence-corrected chi connectivity index (χ2v) is 3.85. The molecule has 1 aromatic rings. The van der Waals surface area contributed by atoms with Gasteiger partial charge in [-0.05, 0) is 17.7 Å². The number of benzene rings is 1. The van der Waals surface area contributed by atoms with Crippen LogP contribution in [-0.4, -0.2) is 24.7 Å². The Kier molecular flexibility index (Phi) is 2.19. The predicted molar refractivity (Wildman–Crippen MR) is 51.3 cm³/mol. The van der Waals surface area contributed by atoms with E-state index in [4.69, 9.17) is 9.84 Å². The highest BCUT2D eigenvalue weighted by Crippen LogP contribution is 2.61. The molecule has 1 fully saturated rings. The van der Waals surface area contributed by atoms with Gasteiger partial charge in [-0.3, -0.25) is 0 Å². The van der Waals surface area contributed by atoms with E-state index in [9.17, 15) is 8.78 Å². The molecule has 0 aromatic heterocycles. The molecule has 1 saturated carbocycles. The molecule has 2 nitrogen and oxygen atoms in total. The van der Waals surface area contributed by atoms with Crippen LogP contribution in [0.1, 0.15) is 12.0 Å². The zero-order chi connectivity index (χ0) is 11.1. The highest BCUT2D eigenvalue weighted by atomic mass is 19.3. The summed E-state index contributed by atoms with van der Waals surface area (Å²) >= 11 is 0. The molecule has 0 saturated heterocycles. The standard InChI is InChI=1S/C11H12F2O2/c1-15-9-4-2-8(3-5-9)10(7-14)6-11(10,12)13/h2-5,14H,6-7H2,1H3. The van der Waals surface area contributed by atoms with E-state index in [2.05, 4.69) is 0 Å². The molecule has 82 valence electrons. The molecule has 4 heteroatoms. The van der Waals surface area contributed by atoms with Gasteiger partial charge in [-0.2, -0.15) is 0 Å². The van der Waals surface area contributed by atoms with Crippen LogP contribution in [0.5, 0.6) is 5.75 Å². The average molecular weight is 214 g/mol. The van der Waals surface area contributed by atoms with Crippen LogP contribution in [-0.2, 0) is 5.41 Å². The highest BCUT2D eigenvalue weighted by molar-refractivity contribution is 5.40. The van der Waals surface area contributed by atoms with Crippen molar-refractivity contribution in [2.45, 2.75) is 17.8 Å². The summed E-state index contributed by atoms with van der Waals surface area (Å²) in [5.74, 6) is -2.16. The first-order chi connectivity index (χ1) is 7.05. The number of hydrogen-bond donors (Lipinski definition) is 1. The first kappa shape index (κ1) is 10.4. The normalized spacial score (nSPS) is 27.5. The van der Waals surface area contributed by atoms with E-state index in [-0.39, 0.29) is 6.42 Å². The molecule has 0 amide bonds. The first-order valence-electron chi connectivity index (χ1n) is 4.69. The second kappa shape index (κ2) is 3.17. The Morgan fingerprint density at radius 1 is 1.33 bits per heavy atom. The average Bonchev–Trinajstić information content (AvgIpc) is 2.82. The lowest BCUT2D eigenvalue weighted by molar-refractivity contribution is 0.0673. The fourth-order valence-electron chi connectivity index (χ4n) is 1.82. The predicted octanol–water partition coefficient (Wildman–Crippen LogP) is 1.96. The van der Waals surface area contributed by atoms with Crippen molar-refractivity contribution in [1.82, 2.24) is 0 Å². The van der Waals surface area contributed by atoms with Crippen LogP contribution < -0.4 is 4.74 Å². The molecule has 0 aliphatic heterocycles. The minimum atomic E-state index is -2.78. The molecule has 1 atom stereocenters. The fourth-order valence-corrected chi connectivity index (χ4v) is 1.82. The van der Waals surface area contributed by atoms with Gasteiger partial charge in [0, 0.05) is 6.42 Å². The summed E-state index contributed by atoms with van der Waals surface area (Å²) < 4.78 is 31.2. The van der Waals surface area contributed by atoms with E-state index >= 15 is 0 Å². The van der Waals surface area contributed by atoms with Gasteiger partial charge >= 0.3 is 0 Å². The number of halogens is 2. The molecule has 1 aliphatic carbocycles. The maximum absolute atomic E-state index is 13.1. The summed E-state index contributed by atoms with van der Waals surface area (Å²) in [4.78, 5) is 0. The van der Waals surface area contributed by atoms with Gasteiger partial charge < -0.3 is 9.84 Å². The lowest BCUT2D eigenvalue weighted by Crippen LogP contribution is -2.20. The third-order valence-corrected chi connectivity index (χ3v) is 3.01. The third kappa shape index (κ3) is 1.40. The van der Waals surface area contributed by atoms with Crippen LogP contribution in [0.25, 0.3) is 0 Å². The smallest absolute Gasteiger partial charge is 0.261 e. The number of rotatable bonds is 3. The molecule has 0 spiro atoms. The SMILES string of the molecule is COc1ccc(C2(CO)CC2(F)F)cc1. The maximum Gasteiger partial charge on any atom is 0.261 e. The molecule has 15 heavy (non-hydrogen) atoms. The summed E-state index contributed by atoms with van der Waals surface area (Å²) in [5, 5.41) is 9.06. The van der Waals surface area contributed by atoms with E-state index in [1.54, 1.807) is 24.3 Å². The number of methoxy groups -OCH3 is 1. The summed E-state index contributed by atoms with van der Waals surface area (Å²) in [5.41, 5.74) is -0.894. The van der Waals surface area contributed by atoms with Gasteiger partial charge in [-0.15, -0.1) is 0 Å². The Morgan fingerprint density at radius 3 is 2.20 bits per heavy atom. The molecular formula is C11H12F2O2. The summed E-state index contributed by atoms with van der Waals surface area (Å²) in [6, 6.07) is 6.41. The molecule has 1 aromatic carbocycles. The molecule has 1 aliphatic rings. The van der Waals surface area contributed by atoms with Crippen molar-refractivity contribution in [3.8, 4) is 5.75 Å². The van der Waals surface area contributed by atoms with Crippen LogP contribution in [0, 0.1) is 0 Å². The summed E-state index contributed by atoms with van der Waals surface area (Å²) in [6.07, 6.45) is -0.275. The molecule has 0 heterocycles. The van der Waals surface area contributed by atoms with Crippen molar-refractivity contribution in [1.29, 1.82) is 0 Å². The molecular weight excluding hydrogens is 202 g/mol. The number of alkyl halides is 2. The quantitative estimate of drug-likeness (QED) is 0.833. The lowest BCUT2D eigenvalue weighted by atomic mass is 9.96. The topological polar surface area (TPSA) is 29.5 Å². The van der Waals surface area contributed by atoms with Crippen molar-refractivity contribution >= 4 is 0 Å². The van der Waals surface area contributed by atoms with E-state index in [0.29, 0.717) is 11.3 Å². The molecule has 0 bridgehead atoms. The van der Waals surface area contributed by atoms with Crippen molar-refractivity contribution in [2.75, 3.05) is 13.7 Å². The van der Waals surface area contributed by atoms with Crippen molar-refractivity contribution in [2.24, 2.45) is 0 Å². The van der Waals surface area contributed by atoms with E-state index in [1.165, 1.54) is 7.11 Å². The van der Waals surface area contributed by atoms with E-state index in [0.717, 1.165) is 0 Å². The number of hydrogen-bond acceptors (Lipinski definition) is 2. The van der Waals surface area contributed by atoms with Gasteiger partial charge in [-0.25, -0.2) is 8.78 Å². The monoisotopic (exact) mass is 214 g/mol. The molecule has 1 unspecified atom stereocenters. The van der Waals surface area contributed by atoms with E-state index in [1.807, 2.05) is 0 Å². The van der Waals surface area contributed by atoms with Crippen LogP contribution >= 0.6 is 0 Å². The van der Waals surface area contributed by atoms with Gasteiger partial charge in [-0.1, -0.05) is 12.1 Å². The molecule has 1 N–H and O–H groups in total. The highest BCUT2D eigenvalue weighted by Gasteiger charge is 2.71. The largest absolute Gasteiger partial charge is 0.497 e. The number of ether oxygens (including phenoxy) is 1. The number of aliphatic hydroxyl groups excluding tert-OH is 1. The first-order valence-corrected chi connectivity index (χ1v) is 4.69. The van der Waals surface area contributed by atoms with Crippen molar-refractivity contribution in [3.63, 3.8) is 0 Å². The summed E-state index contributed by atoms with van der Waals surface area (Å²) in [7, 11) is 1.52. The zero-order valence-corrected chi connectivity index (χ0v) is 8.34. The van der Waals surface area contributed by atoms with Crippen LogP contribution in [0.4, 0.5) is 8.78 Å². The minimum Gasteiger partial charge on any atom is -0.497 e. The molecule has 0 radical (unpaired) electrons. The zero-order valence-electron chi connectivity index (χ0n) is 8.34. The van der Waals surface area contributed by atoms with Gasteiger partial charge in [0.15, 0.2) is 0 Å². The second-order valence-electron chi connectivity index (χ2n) is 3.85. The number of aliphatic hydroxyl groups is 1.